The van der Waals surface area contributed by atoms with Gasteiger partial charge in [-0.05, 0) is 52.9 Å². The van der Waals surface area contributed by atoms with Crippen molar-refractivity contribution in [2.45, 2.75) is 58.9 Å². The van der Waals surface area contributed by atoms with Crippen LogP contribution in [0.3, 0.4) is 0 Å². The lowest BCUT2D eigenvalue weighted by Crippen LogP contribution is -2.29. The molecule has 0 radical (unpaired) electrons. The number of nitrogens with two attached hydrogens (primary N) is 1. The zero-order valence-electron chi connectivity index (χ0n) is 11.0. The molecule has 3 heteroatoms. The highest BCUT2D eigenvalue weighted by Crippen LogP contribution is 2.35. The van der Waals surface area contributed by atoms with E-state index in [0.29, 0.717) is 6.42 Å². The van der Waals surface area contributed by atoms with Gasteiger partial charge < -0.3 is 10.8 Å². The Balaban J connectivity index is 2.54. The molecule has 1 rings (SSSR count). The summed E-state index contributed by atoms with van der Waals surface area (Å²) in [6, 6.07) is -0.738. The van der Waals surface area contributed by atoms with Crippen LogP contribution in [-0.2, 0) is 4.79 Å². The lowest BCUT2D eigenvalue weighted by atomic mass is 9.95. The summed E-state index contributed by atoms with van der Waals surface area (Å²) < 4.78 is 0. The van der Waals surface area contributed by atoms with Crippen LogP contribution in [0.4, 0.5) is 0 Å². The minimum atomic E-state index is -0.907. The van der Waals surface area contributed by atoms with Crippen LogP contribution in [-0.4, -0.2) is 17.1 Å². The lowest BCUT2D eigenvalue weighted by Gasteiger charge is -2.12. The van der Waals surface area contributed by atoms with Gasteiger partial charge in [-0.25, -0.2) is 0 Å². The van der Waals surface area contributed by atoms with E-state index in [1.165, 1.54) is 29.6 Å². The van der Waals surface area contributed by atoms with Gasteiger partial charge in [-0.1, -0.05) is 22.3 Å². The summed E-state index contributed by atoms with van der Waals surface area (Å²) in [6.07, 6.45) is 4.80. The molecular formula is C14H23NO2. The second kappa shape index (κ2) is 6.01. The van der Waals surface area contributed by atoms with Crippen molar-refractivity contribution in [3.05, 3.63) is 22.3 Å². The smallest absolute Gasteiger partial charge is 0.320 e. The summed E-state index contributed by atoms with van der Waals surface area (Å²) in [5, 5.41) is 8.76. The molecular weight excluding hydrogens is 214 g/mol. The van der Waals surface area contributed by atoms with E-state index in [1.807, 2.05) is 0 Å². The first-order valence-electron chi connectivity index (χ1n) is 6.23. The van der Waals surface area contributed by atoms with Crippen LogP contribution in [0, 0.1) is 0 Å². The topological polar surface area (TPSA) is 63.3 Å². The summed E-state index contributed by atoms with van der Waals surface area (Å²) in [5.41, 5.74) is 11.2. The molecule has 0 aliphatic heterocycles. The Morgan fingerprint density at radius 2 is 1.94 bits per heavy atom. The molecule has 0 saturated heterocycles. The van der Waals surface area contributed by atoms with Gasteiger partial charge >= 0.3 is 5.97 Å². The van der Waals surface area contributed by atoms with Crippen molar-refractivity contribution in [3.63, 3.8) is 0 Å². The average Bonchev–Trinajstić information content (AvgIpc) is 3.06. The van der Waals surface area contributed by atoms with Crippen molar-refractivity contribution in [1.82, 2.24) is 0 Å². The molecule has 1 aliphatic carbocycles. The lowest BCUT2D eigenvalue weighted by molar-refractivity contribution is -0.138. The fourth-order valence-electron chi connectivity index (χ4n) is 1.90. The molecule has 0 heterocycles. The van der Waals surface area contributed by atoms with Crippen LogP contribution >= 0.6 is 0 Å². The molecule has 0 bridgehead atoms. The molecule has 17 heavy (non-hydrogen) atoms. The van der Waals surface area contributed by atoms with Gasteiger partial charge in [0.15, 0.2) is 0 Å². The predicted molar refractivity (Wildman–Crippen MR) is 69.8 cm³/mol. The summed E-state index contributed by atoms with van der Waals surface area (Å²) in [5.74, 6) is -0.907. The highest BCUT2D eigenvalue weighted by Gasteiger charge is 2.17. The molecule has 96 valence electrons. The summed E-state index contributed by atoms with van der Waals surface area (Å²) in [6.45, 7) is 6.36. The van der Waals surface area contributed by atoms with Crippen molar-refractivity contribution >= 4 is 5.97 Å². The third-order valence-corrected chi connectivity index (χ3v) is 3.36. The fraction of sp³-hybridized carbons (Fsp3) is 0.643. The Morgan fingerprint density at radius 3 is 2.35 bits per heavy atom. The molecule has 1 unspecified atom stereocenters. The monoisotopic (exact) mass is 237 g/mol. The van der Waals surface area contributed by atoms with Crippen molar-refractivity contribution < 1.29 is 9.90 Å². The van der Waals surface area contributed by atoms with E-state index in [-0.39, 0.29) is 0 Å². The Kier molecular flexibility index (Phi) is 4.94. The first-order valence-corrected chi connectivity index (χ1v) is 6.23. The molecule has 0 aromatic carbocycles. The van der Waals surface area contributed by atoms with E-state index < -0.39 is 12.0 Å². The Hall–Kier alpha value is -1.09. The van der Waals surface area contributed by atoms with E-state index in [4.69, 9.17) is 10.8 Å². The van der Waals surface area contributed by atoms with Gasteiger partial charge in [0, 0.05) is 0 Å². The van der Waals surface area contributed by atoms with Gasteiger partial charge in [-0.15, -0.1) is 0 Å². The molecule has 3 N–H and O–H groups in total. The number of aliphatic carboxylic acids is 1. The first-order chi connectivity index (χ1) is 7.91. The van der Waals surface area contributed by atoms with Crippen LogP contribution in [0.5, 0.6) is 0 Å². The largest absolute Gasteiger partial charge is 0.480 e. The zero-order chi connectivity index (χ0) is 13.0. The Morgan fingerprint density at radius 1 is 1.35 bits per heavy atom. The van der Waals surface area contributed by atoms with Crippen LogP contribution in [0.1, 0.15) is 52.9 Å². The second-order valence-electron chi connectivity index (χ2n) is 5.15. The van der Waals surface area contributed by atoms with Crippen molar-refractivity contribution in [2.75, 3.05) is 0 Å². The third kappa shape index (κ3) is 4.73. The zero-order valence-corrected chi connectivity index (χ0v) is 11.0. The van der Waals surface area contributed by atoms with Crippen LogP contribution < -0.4 is 5.73 Å². The molecule has 0 aromatic heterocycles. The maximum absolute atomic E-state index is 10.7. The van der Waals surface area contributed by atoms with Gasteiger partial charge in [0.25, 0.3) is 0 Å². The highest BCUT2D eigenvalue weighted by atomic mass is 16.4. The van der Waals surface area contributed by atoms with Crippen LogP contribution in [0.25, 0.3) is 0 Å². The molecule has 1 saturated carbocycles. The van der Waals surface area contributed by atoms with E-state index in [9.17, 15) is 4.79 Å². The summed E-state index contributed by atoms with van der Waals surface area (Å²) in [4.78, 5) is 10.7. The van der Waals surface area contributed by atoms with Gasteiger partial charge in [-0.2, -0.15) is 0 Å². The van der Waals surface area contributed by atoms with Crippen molar-refractivity contribution in [3.8, 4) is 0 Å². The SMILES string of the molecule is CC(C)=C(CCC(N)C(=O)O)CC(C)=C1CC1. The summed E-state index contributed by atoms with van der Waals surface area (Å²) >= 11 is 0. The highest BCUT2D eigenvalue weighted by molar-refractivity contribution is 5.73. The predicted octanol–water partition coefficient (Wildman–Crippen LogP) is 3.02. The number of rotatable bonds is 6. The number of hydrogen-bond donors (Lipinski definition) is 2. The number of carboxylic acid groups (broad SMARTS) is 1. The van der Waals surface area contributed by atoms with E-state index in [2.05, 4.69) is 20.8 Å². The molecule has 0 aromatic rings. The van der Waals surface area contributed by atoms with Crippen molar-refractivity contribution in [1.29, 1.82) is 0 Å². The number of allylic oxidation sites excluding steroid dienone is 4. The first kappa shape index (κ1) is 14.0. The second-order valence-corrected chi connectivity index (χ2v) is 5.15. The molecule has 1 fully saturated rings. The number of carboxylic acids is 1. The molecule has 3 nitrogen and oxygen atoms in total. The van der Waals surface area contributed by atoms with Gasteiger partial charge in [0.1, 0.15) is 6.04 Å². The standard InChI is InChI=1S/C14H23NO2/c1-9(2)12(6-7-13(15)14(16)17)8-10(3)11-4-5-11/h13H,4-8,15H2,1-3H3,(H,16,17). The molecule has 1 atom stereocenters. The van der Waals surface area contributed by atoms with Crippen LogP contribution in [0.2, 0.25) is 0 Å². The maximum Gasteiger partial charge on any atom is 0.320 e. The van der Waals surface area contributed by atoms with E-state index in [0.717, 1.165) is 12.8 Å². The van der Waals surface area contributed by atoms with Gasteiger partial charge in [0.2, 0.25) is 0 Å². The summed E-state index contributed by atoms with van der Waals surface area (Å²) in [7, 11) is 0. The molecule has 1 aliphatic rings. The van der Waals surface area contributed by atoms with Crippen molar-refractivity contribution in [2.24, 2.45) is 5.73 Å². The number of hydrogen-bond acceptors (Lipinski definition) is 2. The van der Waals surface area contributed by atoms with Crippen LogP contribution in [0.15, 0.2) is 22.3 Å². The van der Waals surface area contributed by atoms with E-state index >= 15 is 0 Å². The minimum absolute atomic E-state index is 0.526. The Labute approximate surface area is 103 Å². The molecule has 0 amide bonds. The maximum atomic E-state index is 10.7. The van der Waals surface area contributed by atoms with E-state index in [1.54, 1.807) is 5.57 Å². The normalized spacial score (nSPS) is 15.4. The van der Waals surface area contributed by atoms with Gasteiger partial charge in [-0.3, -0.25) is 4.79 Å². The average molecular weight is 237 g/mol. The molecule has 0 spiro atoms. The third-order valence-electron chi connectivity index (χ3n) is 3.36. The quantitative estimate of drug-likeness (QED) is 0.698. The Bertz CT molecular complexity index is 356. The van der Waals surface area contributed by atoms with Gasteiger partial charge in [0.05, 0.1) is 0 Å². The fourth-order valence-corrected chi connectivity index (χ4v) is 1.90. The minimum Gasteiger partial charge on any atom is -0.480 e. The number of carbonyl (C=O) groups is 1.